The van der Waals surface area contributed by atoms with Crippen LogP contribution >= 0.6 is 23.1 Å². The van der Waals surface area contributed by atoms with Gasteiger partial charge in [-0.3, -0.25) is 0 Å². The van der Waals surface area contributed by atoms with Crippen LogP contribution in [0, 0.1) is 6.92 Å². The highest BCUT2D eigenvalue weighted by atomic mass is 32.2. The van der Waals surface area contributed by atoms with E-state index in [-0.39, 0.29) is 0 Å². The molecule has 0 saturated heterocycles. The van der Waals surface area contributed by atoms with E-state index in [4.69, 9.17) is 10.3 Å². The minimum atomic E-state index is 0.507. The van der Waals surface area contributed by atoms with Gasteiger partial charge in [0.05, 0.1) is 4.88 Å². The van der Waals surface area contributed by atoms with Gasteiger partial charge in [-0.1, -0.05) is 23.0 Å². The Bertz CT molecular complexity index is 721. The molecule has 0 atom stereocenters. The summed E-state index contributed by atoms with van der Waals surface area (Å²) in [5.74, 6) is 2.70. The summed E-state index contributed by atoms with van der Waals surface area (Å²) in [6.07, 6.45) is 1.65. The summed E-state index contributed by atoms with van der Waals surface area (Å²) in [6, 6.07) is 5.71. The molecule has 3 aromatic heterocycles. The topological polar surface area (TPSA) is 90.7 Å². The van der Waals surface area contributed by atoms with Crippen LogP contribution in [0.5, 0.6) is 0 Å². The third kappa shape index (κ3) is 3.83. The second kappa shape index (κ2) is 6.89. The maximum absolute atomic E-state index is 5.71. The quantitative estimate of drug-likeness (QED) is 0.421. The van der Waals surface area contributed by atoms with E-state index in [1.54, 1.807) is 29.2 Å². The average molecular weight is 333 g/mol. The second-order valence-corrected chi connectivity index (χ2v) is 6.67. The van der Waals surface area contributed by atoms with Crippen LogP contribution in [0.4, 0.5) is 5.82 Å². The van der Waals surface area contributed by atoms with Gasteiger partial charge in [0.15, 0.2) is 5.16 Å². The maximum Gasteiger partial charge on any atom is 0.227 e. The summed E-state index contributed by atoms with van der Waals surface area (Å²) < 4.78 is 5.26. The first-order valence-electron chi connectivity index (χ1n) is 6.81. The second-order valence-electron chi connectivity index (χ2n) is 4.66. The van der Waals surface area contributed by atoms with Crippen LogP contribution in [-0.2, 0) is 6.42 Å². The molecule has 2 N–H and O–H groups in total. The van der Waals surface area contributed by atoms with Crippen LogP contribution in [0.3, 0.4) is 0 Å². The molecule has 0 amide bonds. The average Bonchev–Trinajstić information content (AvgIpc) is 3.13. The fourth-order valence-corrected chi connectivity index (χ4v) is 3.38. The number of anilines is 1. The molecule has 22 heavy (non-hydrogen) atoms. The van der Waals surface area contributed by atoms with E-state index in [0.717, 1.165) is 29.2 Å². The molecule has 0 spiro atoms. The monoisotopic (exact) mass is 333 g/mol. The number of aryl methyl sites for hydroxylation is 2. The van der Waals surface area contributed by atoms with Gasteiger partial charge < -0.3 is 10.3 Å². The summed E-state index contributed by atoms with van der Waals surface area (Å²) in [4.78, 5) is 14.0. The number of nitrogen functional groups attached to an aromatic ring is 1. The fraction of sp³-hybridized carbons (Fsp3) is 0.286. The molecule has 0 fully saturated rings. The smallest absolute Gasteiger partial charge is 0.227 e. The van der Waals surface area contributed by atoms with E-state index in [1.165, 1.54) is 0 Å². The van der Waals surface area contributed by atoms with Crippen molar-refractivity contribution < 1.29 is 4.52 Å². The van der Waals surface area contributed by atoms with Gasteiger partial charge >= 0.3 is 0 Å². The van der Waals surface area contributed by atoms with Crippen molar-refractivity contribution in [3.8, 4) is 10.7 Å². The van der Waals surface area contributed by atoms with Gasteiger partial charge in [-0.25, -0.2) is 9.97 Å². The Morgan fingerprint density at radius 2 is 2.23 bits per heavy atom. The van der Waals surface area contributed by atoms with E-state index in [2.05, 4.69) is 20.1 Å². The van der Waals surface area contributed by atoms with Crippen LogP contribution in [0.2, 0.25) is 0 Å². The highest BCUT2D eigenvalue weighted by molar-refractivity contribution is 7.99. The molecule has 0 aliphatic rings. The molecular weight excluding hydrogens is 318 g/mol. The zero-order chi connectivity index (χ0) is 15.4. The molecule has 3 heterocycles. The van der Waals surface area contributed by atoms with Crippen LogP contribution in [0.25, 0.3) is 10.7 Å². The lowest BCUT2D eigenvalue weighted by molar-refractivity contribution is 0.378. The number of aromatic nitrogens is 4. The zero-order valence-electron chi connectivity index (χ0n) is 12.0. The molecular formula is C14H15N5OS2. The van der Waals surface area contributed by atoms with Crippen molar-refractivity contribution in [2.45, 2.75) is 24.9 Å². The summed E-state index contributed by atoms with van der Waals surface area (Å²) in [7, 11) is 0. The first-order valence-corrected chi connectivity index (χ1v) is 8.67. The lowest BCUT2D eigenvalue weighted by atomic mass is 10.3. The van der Waals surface area contributed by atoms with Crippen molar-refractivity contribution in [2.75, 3.05) is 11.5 Å². The summed E-state index contributed by atoms with van der Waals surface area (Å²) in [5.41, 5.74) is 6.59. The summed E-state index contributed by atoms with van der Waals surface area (Å²) >= 11 is 3.18. The van der Waals surface area contributed by atoms with E-state index in [1.807, 2.05) is 24.4 Å². The molecule has 0 unspecified atom stereocenters. The van der Waals surface area contributed by atoms with Gasteiger partial charge in [0.25, 0.3) is 0 Å². The fourth-order valence-electron chi connectivity index (χ4n) is 1.88. The van der Waals surface area contributed by atoms with Crippen LogP contribution in [0.15, 0.2) is 33.3 Å². The van der Waals surface area contributed by atoms with Crippen LogP contribution < -0.4 is 5.73 Å². The van der Waals surface area contributed by atoms with Gasteiger partial charge in [-0.2, -0.15) is 4.98 Å². The molecule has 0 aliphatic heterocycles. The van der Waals surface area contributed by atoms with E-state index in [0.29, 0.717) is 22.7 Å². The van der Waals surface area contributed by atoms with Crippen molar-refractivity contribution in [3.63, 3.8) is 0 Å². The number of thioether (sulfide) groups is 1. The van der Waals surface area contributed by atoms with Crippen LogP contribution in [-0.4, -0.2) is 25.9 Å². The van der Waals surface area contributed by atoms with E-state index in [9.17, 15) is 0 Å². The molecule has 114 valence electrons. The standard InChI is InChI=1S/C14H15N5OS2/c1-9-8-11(15)17-14(16-9)22-7-3-5-12-18-13(19-20-12)10-4-2-6-21-10/h2,4,6,8H,3,5,7H2,1H3,(H2,15,16,17). The van der Waals surface area contributed by atoms with Crippen molar-refractivity contribution in [3.05, 3.63) is 35.2 Å². The lowest BCUT2D eigenvalue weighted by Crippen LogP contribution is -1.97. The maximum atomic E-state index is 5.71. The predicted molar refractivity (Wildman–Crippen MR) is 87.8 cm³/mol. The molecule has 0 saturated carbocycles. The van der Waals surface area contributed by atoms with Gasteiger partial charge in [-0.05, 0) is 24.8 Å². The van der Waals surface area contributed by atoms with Crippen molar-refractivity contribution >= 4 is 28.9 Å². The van der Waals surface area contributed by atoms with Crippen LogP contribution in [0.1, 0.15) is 18.0 Å². The van der Waals surface area contributed by atoms with Gasteiger partial charge in [0.2, 0.25) is 11.7 Å². The Morgan fingerprint density at radius 3 is 3.00 bits per heavy atom. The van der Waals surface area contributed by atoms with Crippen molar-refractivity contribution in [2.24, 2.45) is 0 Å². The third-order valence-electron chi connectivity index (χ3n) is 2.83. The van der Waals surface area contributed by atoms with Gasteiger partial charge in [0, 0.05) is 23.9 Å². The number of hydrogen-bond acceptors (Lipinski definition) is 8. The van der Waals surface area contributed by atoms with E-state index >= 15 is 0 Å². The molecule has 0 aromatic carbocycles. The Kier molecular flexibility index (Phi) is 4.69. The SMILES string of the molecule is Cc1cc(N)nc(SCCCc2nc(-c3cccs3)no2)n1. The van der Waals surface area contributed by atoms with Gasteiger partial charge in [-0.15, -0.1) is 11.3 Å². The first-order chi connectivity index (χ1) is 10.7. The van der Waals surface area contributed by atoms with E-state index < -0.39 is 0 Å². The minimum Gasteiger partial charge on any atom is -0.384 e. The van der Waals surface area contributed by atoms with Crippen molar-refractivity contribution in [1.82, 2.24) is 20.1 Å². The molecule has 0 radical (unpaired) electrons. The Hall–Kier alpha value is -1.93. The Labute approximate surface area is 136 Å². The zero-order valence-corrected chi connectivity index (χ0v) is 13.7. The number of hydrogen-bond donors (Lipinski definition) is 1. The predicted octanol–water partition coefficient (Wildman–Crippen LogP) is 3.20. The molecule has 6 nitrogen and oxygen atoms in total. The number of thiophene rings is 1. The Morgan fingerprint density at radius 1 is 1.32 bits per heavy atom. The normalized spacial score (nSPS) is 11.0. The summed E-state index contributed by atoms with van der Waals surface area (Å²) in [5, 5.41) is 6.70. The lowest BCUT2D eigenvalue weighted by Gasteiger charge is -2.01. The van der Waals surface area contributed by atoms with Crippen molar-refractivity contribution in [1.29, 1.82) is 0 Å². The molecule has 3 aromatic rings. The molecule has 0 aliphatic carbocycles. The van der Waals surface area contributed by atoms with Gasteiger partial charge in [0.1, 0.15) is 5.82 Å². The highest BCUT2D eigenvalue weighted by Crippen LogP contribution is 2.22. The molecule has 3 rings (SSSR count). The minimum absolute atomic E-state index is 0.507. The largest absolute Gasteiger partial charge is 0.384 e. The third-order valence-corrected chi connectivity index (χ3v) is 4.63. The number of nitrogens with two attached hydrogens (primary N) is 1. The molecule has 0 bridgehead atoms. The summed E-state index contributed by atoms with van der Waals surface area (Å²) in [6.45, 7) is 1.91. The molecule has 8 heteroatoms. The first kappa shape index (κ1) is 15.0. The highest BCUT2D eigenvalue weighted by Gasteiger charge is 2.09. The number of nitrogens with zero attached hydrogens (tertiary/aromatic N) is 4. The Balaban J connectivity index is 1.49. The number of rotatable bonds is 6.